The highest BCUT2D eigenvalue weighted by molar-refractivity contribution is 7.98. The van der Waals surface area contributed by atoms with Gasteiger partial charge in [0, 0.05) is 17.7 Å². The molecule has 0 radical (unpaired) electrons. The number of nitrogens with zero attached hydrogens (tertiary/aromatic N) is 1. The number of hydrogen-bond donors (Lipinski definition) is 1. The zero-order valence-electron chi connectivity index (χ0n) is 14.2. The monoisotopic (exact) mass is 287 g/mol. The predicted octanol–water partition coefficient (Wildman–Crippen LogP) is 4.09. The summed E-state index contributed by atoms with van der Waals surface area (Å²) in [5.74, 6) is 0. The zero-order chi connectivity index (χ0) is 15.2. The summed E-state index contributed by atoms with van der Waals surface area (Å²) in [6.07, 6.45) is 4.43. The molecule has 0 aromatic heterocycles. The summed E-state index contributed by atoms with van der Waals surface area (Å²) in [6, 6.07) is 0. The second-order valence-electron chi connectivity index (χ2n) is 7.98. The number of likely N-dealkylation sites (N-methyl/N-ethyl adjacent to an activating group) is 1. The van der Waals surface area contributed by atoms with Crippen molar-refractivity contribution in [2.75, 3.05) is 33.7 Å². The molecule has 3 heteroatoms. The van der Waals surface area contributed by atoms with E-state index < -0.39 is 0 Å². The first-order valence-corrected chi connectivity index (χ1v) is 8.13. The first kappa shape index (κ1) is 19.0. The van der Waals surface area contributed by atoms with Crippen molar-refractivity contribution in [2.45, 2.75) is 52.2 Å². The standard InChI is InChI=1S/C16H35N2S/c1-9-12-18(7,8)13-10-11-17-19-16(5,6)14-15(2,3)4/h9,17H,1,10-14H2,2-8H3/q+1. The fraction of sp³-hybridized carbons (Fsp3) is 0.875. The molecule has 0 aliphatic rings. The first-order valence-electron chi connectivity index (χ1n) is 7.31. The molecule has 0 saturated carbocycles. The predicted molar refractivity (Wildman–Crippen MR) is 90.4 cm³/mol. The van der Waals surface area contributed by atoms with Crippen molar-refractivity contribution in [1.29, 1.82) is 0 Å². The topological polar surface area (TPSA) is 12.0 Å². The van der Waals surface area contributed by atoms with Crippen molar-refractivity contribution >= 4 is 11.9 Å². The van der Waals surface area contributed by atoms with E-state index in [1.165, 1.54) is 19.4 Å². The minimum absolute atomic E-state index is 0.295. The number of rotatable bonds is 9. The highest BCUT2D eigenvalue weighted by Crippen LogP contribution is 2.34. The van der Waals surface area contributed by atoms with Crippen molar-refractivity contribution < 1.29 is 4.48 Å². The molecule has 19 heavy (non-hydrogen) atoms. The molecule has 0 unspecified atom stereocenters. The lowest BCUT2D eigenvalue weighted by atomic mass is 9.86. The van der Waals surface area contributed by atoms with E-state index in [0.29, 0.717) is 10.2 Å². The molecule has 0 atom stereocenters. The maximum absolute atomic E-state index is 3.82. The quantitative estimate of drug-likeness (QED) is 0.297. The summed E-state index contributed by atoms with van der Waals surface area (Å²) in [6.45, 7) is 18.7. The smallest absolute Gasteiger partial charge is 0.0966 e. The molecule has 0 amide bonds. The summed E-state index contributed by atoms with van der Waals surface area (Å²) in [5.41, 5.74) is 0.390. The molecule has 0 aliphatic carbocycles. The maximum atomic E-state index is 3.82. The van der Waals surface area contributed by atoms with E-state index in [1.807, 2.05) is 18.0 Å². The van der Waals surface area contributed by atoms with Crippen LogP contribution in [0.2, 0.25) is 0 Å². The van der Waals surface area contributed by atoms with Gasteiger partial charge < -0.3 is 4.48 Å². The van der Waals surface area contributed by atoms with Gasteiger partial charge in [0.05, 0.1) is 27.2 Å². The van der Waals surface area contributed by atoms with Crippen LogP contribution >= 0.6 is 11.9 Å². The summed E-state index contributed by atoms with van der Waals surface area (Å²) in [5, 5.41) is 0. The number of quaternary nitrogens is 1. The van der Waals surface area contributed by atoms with Gasteiger partial charge in [-0.05, 0) is 31.8 Å². The molecule has 0 aromatic carbocycles. The lowest BCUT2D eigenvalue weighted by molar-refractivity contribution is -0.884. The molecule has 0 bridgehead atoms. The van der Waals surface area contributed by atoms with Crippen molar-refractivity contribution in [1.82, 2.24) is 4.72 Å². The third kappa shape index (κ3) is 11.5. The average Bonchev–Trinajstić information content (AvgIpc) is 2.12. The Balaban J connectivity index is 3.83. The molecule has 0 rings (SSSR count). The Hall–Kier alpha value is 0.0100. The van der Waals surface area contributed by atoms with Gasteiger partial charge in [-0.1, -0.05) is 39.3 Å². The molecular weight excluding hydrogens is 252 g/mol. The molecule has 1 N–H and O–H groups in total. The van der Waals surface area contributed by atoms with Crippen LogP contribution < -0.4 is 4.72 Å². The zero-order valence-corrected chi connectivity index (χ0v) is 15.0. The van der Waals surface area contributed by atoms with E-state index >= 15 is 0 Å². The van der Waals surface area contributed by atoms with Gasteiger partial charge in [0.1, 0.15) is 0 Å². The molecule has 0 heterocycles. The fourth-order valence-electron chi connectivity index (χ4n) is 2.58. The summed E-state index contributed by atoms with van der Waals surface area (Å²) >= 11 is 1.89. The van der Waals surface area contributed by atoms with E-state index in [1.54, 1.807) is 0 Å². The van der Waals surface area contributed by atoms with Crippen LogP contribution in [0.4, 0.5) is 0 Å². The molecule has 0 spiro atoms. The van der Waals surface area contributed by atoms with Gasteiger partial charge in [-0.2, -0.15) is 0 Å². The Labute approximate surface area is 125 Å². The third-order valence-corrected chi connectivity index (χ3v) is 4.02. The van der Waals surface area contributed by atoms with Crippen LogP contribution in [0.1, 0.15) is 47.5 Å². The first-order chi connectivity index (χ1) is 8.47. The third-order valence-electron chi connectivity index (χ3n) is 2.97. The van der Waals surface area contributed by atoms with Crippen LogP contribution in [0.15, 0.2) is 12.7 Å². The van der Waals surface area contributed by atoms with Crippen molar-refractivity contribution in [3.63, 3.8) is 0 Å². The molecule has 0 saturated heterocycles. The minimum atomic E-state index is 0.295. The van der Waals surface area contributed by atoms with E-state index in [4.69, 9.17) is 0 Å². The van der Waals surface area contributed by atoms with Gasteiger partial charge >= 0.3 is 0 Å². The number of nitrogens with one attached hydrogen (secondary N) is 1. The Kier molecular flexibility index (Phi) is 7.71. The normalized spacial score (nSPS) is 13.6. The average molecular weight is 288 g/mol. The Bertz CT molecular complexity index is 264. The second kappa shape index (κ2) is 7.70. The molecule has 114 valence electrons. The molecule has 0 fully saturated rings. The van der Waals surface area contributed by atoms with Crippen LogP contribution in [-0.4, -0.2) is 43.0 Å². The van der Waals surface area contributed by atoms with Gasteiger partial charge in [0.25, 0.3) is 0 Å². The SMILES string of the molecule is C=CC[N+](C)(C)CCCNSC(C)(C)CC(C)(C)C. The van der Waals surface area contributed by atoms with Crippen molar-refractivity contribution in [3.05, 3.63) is 12.7 Å². The lowest BCUT2D eigenvalue weighted by Gasteiger charge is -2.32. The van der Waals surface area contributed by atoms with Crippen molar-refractivity contribution in [3.8, 4) is 0 Å². The van der Waals surface area contributed by atoms with Gasteiger partial charge in [-0.25, -0.2) is 0 Å². The van der Waals surface area contributed by atoms with Crippen molar-refractivity contribution in [2.24, 2.45) is 5.41 Å². The highest BCUT2D eigenvalue weighted by Gasteiger charge is 2.26. The van der Waals surface area contributed by atoms with Crippen LogP contribution in [0.5, 0.6) is 0 Å². The van der Waals surface area contributed by atoms with E-state index in [0.717, 1.165) is 17.6 Å². The summed E-state index contributed by atoms with van der Waals surface area (Å²) < 4.78 is 4.87. The Morgan fingerprint density at radius 1 is 1.16 bits per heavy atom. The number of hydrogen-bond acceptors (Lipinski definition) is 2. The lowest BCUT2D eigenvalue weighted by Crippen LogP contribution is -2.41. The molecule has 2 nitrogen and oxygen atoms in total. The van der Waals surface area contributed by atoms with Gasteiger partial charge in [0.2, 0.25) is 0 Å². The van der Waals surface area contributed by atoms with E-state index in [2.05, 4.69) is 60.0 Å². The van der Waals surface area contributed by atoms with E-state index in [-0.39, 0.29) is 0 Å². The van der Waals surface area contributed by atoms with Crippen LogP contribution in [0, 0.1) is 5.41 Å². The van der Waals surface area contributed by atoms with Crippen LogP contribution in [0.3, 0.4) is 0 Å². The van der Waals surface area contributed by atoms with Gasteiger partial charge in [0.15, 0.2) is 0 Å². The maximum Gasteiger partial charge on any atom is 0.0966 e. The second-order valence-corrected chi connectivity index (χ2v) is 9.58. The van der Waals surface area contributed by atoms with Gasteiger partial charge in [-0.3, -0.25) is 4.72 Å². The summed E-state index contributed by atoms with van der Waals surface area (Å²) in [7, 11) is 4.52. The minimum Gasteiger partial charge on any atom is -0.325 e. The highest BCUT2D eigenvalue weighted by atomic mass is 32.2. The molecule has 0 aromatic rings. The summed E-state index contributed by atoms with van der Waals surface area (Å²) in [4.78, 5) is 0. The van der Waals surface area contributed by atoms with Gasteiger partial charge in [-0.15, -0.1) is 0 Å². The fourth-order valence-corrected chi connectivity index (χ4v) is 3.72. The Morgan fingerprint density at radius 2 is 1.74 bits per heavy atom. The van der Waals surface area contributed by atoms with Crippen LogP contribution in [-0.2, 0) is 0 Å². The molecular formula is C16H35N2S+. The largest absolute Gasteiger partial charge is 0.325 e. The van der Waals surface area contributed by atoms with Crippen LogP contribution in [0.25, 0.3) is 0 Å². The Morgan fingerprint density at radius 3 is 2.21 bits per heavy atom. The molecule has 0 aliphatic heterocycles. The van der Waals surface area contributed by atoms with E-state index in [9.17, 15) is 0 Å².